The van der Waals surface area contributed by atoms with E-state index in [4.69, 9.17) is 5.73 Å². The van der Waals surface area contributed by atoms with E-state index < -0.39 is 11.7 Å². The molecule has 0 aliphatic carbocycles. The number of piperidine rings is 1. The summed E-state index contributed by atoms with van der Waals surface area (Å²) >= 11 is 0. The van der Waals surface area contributed by atoms with E-state index in [0.29, 0.717) is 24.6 Å². The zero-order chi connectivity index (χ0) is 13.9. The zero-order valence-corrected chi connectivity index (χ0v) is 12.0. The lowest BCUT2D eigenvalue weighted by atomic mass is 9.96. The molecule has 1 aromatic carbocycles. The molecule has 114 valence electrons. The molecule has 0 aromatic heterocycles. The SMILES string of the molecule is Cl.NCC1CCN(Cc2ccccc2C(F)(F)F)CC1. The monoisotopic (exact) mass is 308 g/mol. The molecule has 1 aliphatic heterocycles. The van der Waals surface area contributed by atoms with E-state index in [1.807, 2.05) is 0 Å². The Morgan fingerprint density at radius 2 is 1.75 bits per heavy atom. The van der Waals surface area contributed by atoms with Gasteiger partial charge in [0.1, 0.15) is 0 Å². The molecular formula is C14H20ClF3N2. The summed E-state index contributed by atoms with van der Waals surface area (Å²) in [4.78, 5) is 2.08. The second-order valence-electron chi connectivity index (χ2n) is 5.11. The van der Waals surface area contributed by atoms with Crippen molar-refractivity contribution in [3.8, 4) is 0 Å². The summed E-state index contributed by atoms with van der Waals surface area (Å²) in [6, 6.07) is 5.82. The summed E-state index contributed by atoms with van der Waals surface area (Å²) in [7, 11) is 0. The minimum absolute atomic E-state index is 0. The van der Waals surface area contributed by atoms with Gasteiger partial charge in [0.2, 0.25) is 0 Å². The van der Waals surface area contributed by atoms with Crippen LogP contribution in [0.1, 0.15) is 24.0 Å². The molecule has 6 heteroatoms. The average molecular weight is 309 g/mol. The van der Waals surface area contributed by atoms with E-state index in [0.717, 1.165) is 32.0 Å². The normalized spacial score (nSPS) is 17.8. The number of likely N-dealkylation sites (tertiary alicyclic amines) is 1. The molecule has 0 radical (unpaired) electrons. The van der Waals surface area contributed by atoms with E-state index >= 15 is 0 Å². The number of nitrogens with two attached hydrogens (primary N) is 1. The van der Waals surface area contributed by atoms with Crippen molar-refractivity contribution in [3.63, 3.8) is 0 Å². The highest BCUT2D eigenvalue weighted by molar-refractivity contribution is 5.85. The smallest absolute Gasteiger partial charge is 0.330 e. The Morgan fingerprint density at radius 3 is 2.30 bits per heavy atom. The summed E-state index contributed by atoms with van der Waals surface area (Å²) in [6.45, 7) is 2.70. The predicted molar refractivity (Wildman–Crippen MR) is 75.7 cm³/mol. The van der Waals surface area contributed by atoms with Gasteiger partial charge < -0.3 is 5.73 Å². The number of benzene rings is 1. The highest BCUT2D eigenvalue weighted by Crippen LogP contribution is 2.32. The number of alkyl halides is 3. The maximum absolute atomic E-state index is 12.9. The summed E-state index contributed by atoms with van der Waals surface area (Å²) in [5.74, 6) is 0.522. The summed E-state index contributed by atoms with van der Waals surface area (Å²) in [6.07, 6.45) is -2.32. The third-order valence-electron chi connectivity index (χ3n) is 3.76. The lowest BCUT2D eigenvalue weighted by molar-refractivity contribution is -0.138. The lowest BCUT2D eigenvalue weighted by Crippen LogP contribution is -2.36. The molecule has 0 atom stereocenters. The topological polar surface area (TPSA) is 29.3 Å². The van der Waals surface area contributed by atoms with Crippen molar-refractivity contribution in [3.05, 3.63) is 35.4 Å². The van der Waals surface area contributed by atoms with Crippen LogP contribution in [-0.2, 0) is 12.7 Å². The molecule has 1 aliphatic rings. The molecule has 1 fully saturated rings. The quantitative estimate of drug-likeness (QED) is 0.928. The molecule has 0 unspecified atom stereocenters. The molecule has 20 heavy (non-hydrogen) atoms. The standard InChI is InChI=1S/C14H19F3N2.ClH/c15-14(16,17)13-4-2-1-3-12(13)10-19-7-5-11(9-18)6-8-19;/h1-4,11H,5-10,18H2;1H. The highest BCUT2D eigenvalue weighted by Gasteiger charge is 2.33. The fourth-order valence-electron chi connectivity index (χ4n) is 2.56. The van der Waals surface area contributed by atoms with E-state index in [1.165, 1.54) is 6.07 Å². The van der Waals surface area contributed by atoms with Crippen molar-refractivity contribution in [2.45, 2.75) is 25.6 Å². The predicted octanol–water partition coefficient (Wildman–Crippen LogP) is 3.30. The Balaban J connectivity index is 0.00000200. The van der Waals surface area contributed by atoms with Crippen molar-refractivity contribution in [1.82, 2.24) is 4.90 Å². The highest BCUT2D eigenvalue weighted by atomic mass is 35.5. The molecule has 1 saturated heterocycles. The zero-order valence-electron chi connectivity index (χ0n) is 11.2. The van der Waals surface area contributed by atoms with Crippen LogP contribution in [0.5, 0.6) is 0 Å². The van der Waals surface area contributed by atoms with Crippen LogP contribution in [0.3, 0.4) is 0 Å². The van der Waals surface area contributed by atoms with Gasteiger partial charge in [0.05, 0.1) is 5.56 Å². The van der Waals surface area contributed by atoms with Gasteiger partial charge in [0, 0.05) is 6.54 Å². The third-order valence-corrected chi connectivity index (χ3v) is 3.76. The number of nitrogens with zero attached hydrogens (tertiary/aromatic N) is 1. The average Bonchev–Trinajstić information content (AvgIpc) is 2.39. The fraction of sp³-hybridized carbons (Fsp3) is 0.571. The Labute approximate surface area is 123 Å². The van der Waals surface area contributed by atoms with Gasteiger partial charge in [-0.1, -0.05) is 18.2 Å². The molecule has 1 heterocycles. The van der Waals surface area contributed by atoms with Crippen LogP contribution in [0.2, 0.25) is 0 Å². The van der Waals surface area contributed by atoms with Gasteiger partial charge in [-0.25, -0.2) is 0 Å². The molecule has 2 N–H and O–H groups in total. The van der Waals surface area contributed by atoms with E-state index in [9.17, 15) is 13.2 Å². The van der Waals surface area contributed by atoms with Crippen LogP contribution < -0.4 is 5.73 Å². The van der Waals surface area contributed by atoms with Crippen molar-refractivity contribution in [2.24, 2.45) is 11.7 Å². The number of halogens is 4. The van der Waals surface area contributed by atoms with E-state index in [2.05, 4.69) is 4.90 Å². The molecule has 0 amide bonds. The van der Waals surface area contributed by atoms with Crippen molar-refractivity contribution in [2.75, 3.05) is 19.6 Å². The Morgan fingerprint density at radius 1 is 1.15 bits per heavy atom. The van der Waals surface area contributed by atoms with Gasteiger partial charge in [-0.3, -0.25) is 4.90 Å². The van der Waals surface area contributed by atoms with Crippen molar-refractivity contribution < 1.29 is 13.2 Å². The molecule has 2 nitrogen and oxygen atoms in total. The maximum Gasteiger partial charge on any atom is 0.416 e. The van der Waals surface area contributed by atoms with Gasteiger partial charge in [0.25, 0.3) is 0 Å². The second-order valence-corrected chi connectivity index (χ2v) is 5.11. The molecule has 0 bridgehead atoms. The Kier molecular flexibility index (Phi) is 6.30. The van der Waals surface area contributed by atoms with Crippen LogP contribution in [0.4, 0.5) is 13.2 Å². The minimum atomic E-state index is -4.27. The summed E-state index contributed by atoms with van der Waals surface area (Å²) in [5, 5.41) is 0. The minimum Gasteiger partial charge on any atom is -0.330 e. The molecular weight excluding hydrogens is 289 g/mol. The molecule has 2 rings (SSSR count). The van der Waals surface area contributed by atoms with Crippen LogP contribution in [-0.4, -0.2) is 24.5 Å². The van der Waals surface area contributed by atoms with Gasteiger partial charge in [-0.2, -0.15) is 13.2 Å². The Hall–Kier alpha value is -0.780. The van der Waals surface area contributed by atoms with Crippen LogP contribution >= 0.6 is 12.4 Å². The fourth-order valence-corrected chi connectivity index (χ4v) is 2.56. The third kappa shape index (κ3) is 4.36. The van der Waals surface area contributed by atoms with E-state index in [1.54, 1.807) is 12.1 Å². The first-order valence-electron chi connectivity index (χ1n) is 6.58. The van der Waals surface area contributed by atoms with Crippen LogP contribution in [0.15, 0.2) is 24.3 Å². The first-order chi connectivity index (χ1) is 9.00. The second kappa shape index (κ2) is 7.29. The van der Waals surface area contributed by atoms with Gasteiger partial charge in [-0.15, -0.1) is 12.4 Å². The molecule has 0 spiro atoms. The van der Waals surface area contributed by atoms with Crippen molar-refractivity contribution >= 4 is 12.4 Å². The Bertz CT molecular complexity index is 415. The largest absolute Gasteiger partial charge is 0.416 e. The summed E-state index contributed by atoms with van der Waals surface area (Å²) < 4.78 is 38.7. The van der Waals surface area contributed by atoms with Crippen molar-refractivity contribution in [1.29, 1.82) is 0 Å². The molecule has 0 saturated carbocycles. The number of hydrogen-bond acceptors (Lipinski definition) is 2. The van der Waals surface area contributed by atoms with Crippen LogP contribution in [0.25, 0.3) is 0 Å². The molecule has 1 aromatic rings. The first kappa shape index (κ1) is 17.3. The van der Waals surface area contributed by atoms with Gasteiger partial charge in [-0.05, 0) is 50.0 Å². The number of rotatable bonds is 3. The summed E-state index contributed by atoms with van der Waals surface area (Å²) in [5.41, 5.74) is 5.46. The lowest BCUT2D eigenvalue weighted by Gasteiger charge is -2.31. The maximum atomic E-state index is 12.9. The number of hydrogen-bond donors (Lipinski definition) is 1. The van der Waals surface area contributed by atoms with Gasteiger partial charge >= 0.3 is 6.18 Å². The van der Waals surface area contributed by atoms with Gasteiger partial charge in [0.15, 0.2) is 0 Å². The van der Waals surface area contributed by atoms with E-state index in [-0.39, 0.29) is 12.4 Å². The first-order valence-corrected chi connectivity index (χ1v) is 6.58. The van der Waals surface area contributed by atoms with Crippen LogP contribution in [0, 0.1) is 5.92 Å².